The Kier molecular flexibility index (Phi) is 6.09. The van der Waals surface area contributed by atoms with Crippen molar-refractivity contribution in [2.45, 2.75) is 25.8 Å². The number of pyridine rings is 1. The van der Waals surface area contributed by atoms with Gasteiger partial charge >= 0.3 is 0 Å². The Hall–Kier alpha value is -4.22. The number of thiazole rings is 1. The summed E-state index contributed by atoms with van der Waals surface area (Å²) in [5.74, 6) is 0.177. The largest absolute Gasteiger partial charge is 0.496 e. The zero-order valence-corrected chi connectivity index (χ0v) is 21.9. The number of halogens is 1. The highest BCUT2D eigenvalue weighted by Gasteiger charge is 2.26. The Labute approximate surface area is 225 Å². The van der Waals surface area contributed by atoms with Crippen LogP contribution in [0.3, 0.4) is 0 Å². The fourth-order valence-corrected chi connectivity index (χ4v) is 5.05. The second kappa shape index (κ2) is 9.58. The fraction of sp³-hybridized carbons (Fsp3) is 0.192. The summed E-state index contributed by atoms with van der Waals surface area (Å²) in [5, 5.41) is 7.95. The Morgan fingerprint density at radius 2 is 1.95 bits per heavy atom. The molecule has 4 heterocycles. The maximum Gasteiger partial charge on any atom is 0.267 e. The SMILES string of the molecule is COc1ccc(Cl)cc1-c1cc(C)ncc1C(=O)Nc1nc2ncc(-c3cnn(C4CC4)c(=O)c3)nc2s1. The van der Waals surface area contributed by atoms with E-state index in [1.54, 1.807) is 37.7 Å². The number of fused-ring (bicyclic) bond motifs is 1. The van der Waals surface area contributed by atoms with Gasteiger partial charge < -0.3 is 4.74 Å². The molecule has 0 saturated heterocycles. The maximum absolute atomic E-state index is 13.4. The summed E-state index contributed by atoms with van der Waals surface area (Å²) < 4.78 is 7.00. The van der Waals surface area contributed by atoms with Gasteiger partial charge in [-0.05, 0) is 44.0 Å². The molecule has 1 aliphatic rings. The first kappa shape index (κ1) is 24.1. The molecule has 4 aromatic heterocycles. The summed E-state index contributed by atoms with van der Waals surface area (Å²) in [5.41, 5.74) is 3.66. The van der Waals surface area contributed by atoms with Crippen LogP contribution in [0, 0.1) is 6.92 Å². The number of aryl methyl sites for hydroxylation is 1. The number of nitrogens with zero attached hydrogens (tertiary/aromatic N) is 6. The minimum atomic E-state index is -0.401. The highest BCUT2D eigenvalue weighted by Crippen LogP contribution is 2.36. The first-order valence-electron chi connectivity index (χ1n) is 11.7. The number of nitrogens with one attached hydrogen (secondary N) is 1. The molecule has 10 nitrogen and oxygen atoms in total. The summed E-state index contributed by atoms with van der Waals surface area (Å²) in [6, 6.07) is 8.74. The van der Waals surface area contributed by atoms with E-state index >= 15 is 0 Å². The number of carbonyl (C=O) groups is 1. The monoisotopic (exact) mass is 545 g/mol. The van der Waals surface area contributed by atoms with E-state index in [0.29, 0.717) is 54.3 Å². The molecule has 0 spiro atoms. The zero-order chi connectivity index (χ0) is 26.4. The summed E-state index contributed by atoms with van der Waals surface area (Å²) in [6.07, 6.45) is 6.62. The smallest absolute Gasteiger partial charge is 0.267 e. The summed E-state index contributed by atoms with van der Waals surface area (Å²) in [6.45, 7) is 1.84. The lowest BCUT2D eigenvalue weighted by molar-refractivity contribution is 0.102. The van der Waals surface area contributed by atoms with Crippen LogP contribution in [0.4, 0.5) is 5.13 Å². The summed E-state index contributed by atoms with van der Waals surface area (Å²) in [4.78, 5) is 44.0. The average molecular weight is 546 g/mol. The lowest BCUT2D eigenvalue weighted by atomic mass is 9.99. The van der Waals surface area contributed by atoms with E-state index in [4.69, 9.17) is 16.3 Å². The number of methoxy groups -OCH3 is 1. The lowest BCUT2D eigenvalue weighted by Crippen LogP contribution is -2.20. The van der Waals surface area contributed by atoms with Crippen LogP contribution >= 0.6 is 22.9 Å². The molecule has 0 radical (unpaired) electrons. The van der Waals surface area contributed by atoms with Crippen LogP contribution in [-0.4, -0.2) is 42.7 Å². The van der Waals surface area contributed by atoms with Gasteiger partial charge in [0.15, 0.2) is 15.6 Å². The van der Waals surface area contributed by atoms with E-state index in [9.17, 15) is 9.59 Å². The highest BCUT2D eigenvalue weighted by molar-refractivity contribution is 7.21. The number of aromatic nitrogens is 6. The van der Waals surface area contributed by atoms with Crippen LogP contribution in [0.15, 0.2) is 53.7 Å². The predicted molar refractivity (Wildman–Crippen MR) is 145 cm³/mol. The van der Waals surface area contributed by atoms with Gasteiger partial charge in [-0.3, -0.25) is 19.9 Å². The quantitative estimate of drug-likeness (QED) is 0.318. The van der Waals surface area contributed by atoms with Crippen molar-refractivity contribution in [1.29, 1.82) is 0 Å². The van der Waals surface area contributed by atoms with Gasteiger partial charge in [0, 0.05) is 39.7 Å². The molecule has 0 bridgehead atoms. The molecule has 1 fully saturated rings. The van der Waals surface area contributed by atoms with Crippen molar-refractivity contribution in [3.05, 3.63) is 75.6 Å². The third-order valence-electron chi connectivity index (χ3n) is 6.10. The van der Waals surface area contributed by atoms with E-state index in [2.05, 4.69) is 30.4 Å². The second-order valence-electron chi connectivity index (χ2n) is 8.83. The molecule has 0 atom stereocenters. The van der Waals surface area contributed by atoms with Gasteiger partial charge in [-0.2, -0.15) is 10.1 Å². The fourth-order valence-electron chi connectivity index (χ4n) is 4.08. The van der Waals surface area contributed by atoms with Gasteiger partial charge in [0.2, 0.25) is 0 Å². The number of amides is 1. The standard InChI is InChI=1S/C26H20ClN7O3S/c1-13-7-17(18-9-15(27)3-6-21(18)37-2)19(11-28-13)24(36)33-26-32-23-25(38-26)31-20(12-29-23)14-8-22(35)34(30-10-14)16-4-5-16/h3,6-12,16H,4-5H2,1-2H3,(H,29,32,33,36). The topological polar surface area (TPSA) is 125 Å². The Bertz CT molecular complexity index is 1780. The van der Waals surface area contributed by atoms with Crippen molar-refractivity contribution in [2.75, 3.05) is 12.4 Å². The number of hydrogen-bond donors (Lipinski definition) is 1. The van der Waals surface area contributed by atoms with Crippen molar-refractivity contribution < 1.29 is 9.53 Å². The van der Waals surface area contributed by atoms with Crippen LogP contribution in [-0.2, 0) is 0 Å². The highest BCUT2D eigenvalue weighted by atomic mass is 35.5. The molecule has 1 amide bonds. The molecule has 1 aliphatic carbocycles. The predicted octanol–water partition coefficient (Wildman–Crippen LogP) is 4.93. The van der Waals surface area contributed by atoms with Gasteiger partial charge in [0.05, 0.1) is 36.8 Å². The first-order chi connectivity index (χ1) is 18.4. The van der Waals surface area contributed by atoms with E-state index in [-0.39, 0.29) is 11.6 Å². The minimum absolute atomic E-state index is 0.164. The van der Waals surface area contributed by atoms with Crippen molar-refractivity contribution in [3.63, 3.8) is 0 Å². The Morgan fingerprint density at radius 3 is 2.71 bits per heavy atom. The third-order valence-corrected chi connectivity index (χ3v) is 7.18. The summed E-state index contributed by atoms with van der Waals surface area (Å²) in [7, 11) is 1.56. The van der Waals surface area contributed by atoms with E-state index < -0.39 is 5.91 Å². The zero-order valence-electron chi connectivity index (χ0n) is 20.3. The van der Waals surface area contributed by atoms with Gasteiger partial charge in [0.25, 0.3) is 11.5 Å². The van der Waals surface area contributed by atoms with Crippen molar-refractivity contribution in [1.82, 2.24) is 29.7 Å². The average Bonchev–Trinajstić information content (AvgIpc) is 3.67. The Morgan fingerprint density at radius 1 is 1.11 bits per heavy atom. The molecule has 38 heavy (non-hydrogen) atoms. The minimum Gasteiger partial charge on any atom is -0.496 e. The number of anilines is 1. The lowest BCUT2D eigenvalue weighted by Gasteiger charge is -2.13. The third kappa shape index (κ3) is 4.61. The van der Waals surface area contributed by atoms with Crippen molar-refractivity contribution in [3.8, 4) is 28.1 Å². The molecule has 5 aromatic rings. The maximum atomic E-state index is 13.4. The van der Waals surface area contributed by atoms with E-state index in [1.807, 2.05) is 13.0 Å². The molecular formula is C26H20ClN7O3S. The summed E-state index contributed by atoms with van der Waals surface area (Å²) >= 11 is 7.42. The van der Waals surface area contributed by atoms with Crippen LogP contribution < -0.4 is 15.6 Å². The van der Waals surface area contributed by atoms with Crippen molar-refractivity contribution in [2.24, 2.45) is 0 Å². The number of hydrogen-bond acceptors (Lipinski definition) is 9. The molecule has 190 valence electrons. The molecular weight excluding hydrogens is 526 g/mol. The van der Waals surface area contributed by atoms with E-state index in [1.165, 1.54) is 28.3 Å². The molecule has 0 aliphatic heterocycles. The van der Waals surface area contributed by atoms with Gasteiger partial charge in [-0.1, -0.05) is 22.9 Å². The molecule has 1 N–H and O–H groups in total. The second-order valence-corrected chi connectivity index (χ2v) is 10.2. The number of carbonyl (C=O) groups excluding carboxylic acids is 1. The van der Waals surface area contributed by atoms with Gasteiger partial charge in [-0.15, -0.1) is 0 Å². The number of benzene rings is 1. The van der Waals surface area contributed by atoms with Crippen LogP contribution in [0.5, 0.6) is 5.75 Å². The molecule has 1 saturated carbocycles. The van der Waals surface area contributed by atoms with Crippen LogP contribution in [0.25, 0.3) is 32.9 Å². The number of ether oxygens (including phenoxy) is 1. The van der Waals surface area contributed by atoms with Crippen molar-refractivity contribution >= 4 is 44.5 Å². The van der Waals surface area contributed by atoms with E-state index in [0.717, 1.165) is 18.5 Å². The van der Waals surface area contributed by atoms with Crippen LogP contribution in [0.2, 0.25) is 5.02 Å². The number of rotatable bonds is 6. The molecule has 6 rings (SSSR count). The van der Waals surface area contributed by atoms with Gasteiger partial charge in [-0.25, -0.2) is 14.6 Å². The Balaban J connectivity index is 1.30. The molecule has 12 heteroatoms. The van der Waals surface area contributed by atoms with Crippen LogP contribution in [0.1, 0.15) is 34.9 Å². The molecule has 0 unspecified atom stereocenters. The first-order valence-corrected chi connectivity index (χ1v) is 12.9. The molecule has 1 aromatic carbocycles. The van der Waals surface area contributed by atoms with Gasteiger partial charge in [0.1, 0.15) is 5.75 Å². The normalized spacial score (nSPS) is 13.0.